The molecule has 2 aromatic carbocycles. The number of hydrogen-bond donors (Lipinski definition) is 3. The molecule has 6 rings (SSSR count). The highest BCUT2D eigenvalue weighted by atomic mass is 19.1. The van der Waals surface area contributed by atoms with Gasteiger partial charge >= 0.3 is 0 Å². The number of nitrogens with one attached hydrogen (secondary N) is 1. The second-order valence-electron chi connectivity index (χ2n) is 8.82. The van der Waals surface area contributed by atoms with Crippen molar-refractivity contribution in [2.24, 2.45) is 0 Å². The lowest BCUT2D eigenvalue weighted by molar-refractivity contribution is -0.119. The van der Waals surface area contributed by atoms with Crippen LogP contribution in [0.3, 0.4) is 0 Å². The van der Waals surface area contributed by atoms with E-state index in [4.69, 9.17) is 10.7 Å². The molecule has 1 atom stereocenters. The largest absolute Gasteiger partial charge is 0.508 e. The molecular weight excluding hydrogens is 461 g/mol. The molecule has 9 nitrogen and oxygen atoms in total. The zero-order valence-corrected chi connectivity index (χ0v) is 19.1. The van der Waals surface area contributed by atoms with Crippen LogP contribution in [0.4, 0.5) is 16.0 Å². The Labute approximate surface area is 204 Å². The SMILES string of the molecule is CC1(c2cccc(O)c2)C(=O)Nc2nc(-c3cn4ccnc4c(Cc4cccc(F)c4)n3)nc(N)c21. The van der Waals surface area contributed by atoms with Crippen molar-refractivity contribution in [3.63, 3.8) is 0 Å². The maximum absolute atomic E-state index is 13.8. The number of aromatic hydroxyl groups is 1. The molecule has 4 N–H and O–H groups in total. The average molecular weight is 481 g/mol. The van der Waals surface area contributed by atoms with E-state index >= 15 is 0 Å². The average Bonchev–Trinajstić information content (AvgIpc) is 3.42. The number of phenolic OH excluding ortho intramolecular Hbond substituents is 1. The van der Waals surface area contributed by atoms with Crippen molar-refractivity contribution in [1.82, 2.24) is 24.3 Å². The van der Waals surface area contributed by atoms with Crippen LogP contribution in [0.15, 0.2) is 67.1 Å². The van der Waals surface area contributed by atoms with E-state index in [1.807, 2.05) is 6.07 Å². The monoisotopic (exact) mass is 481 g/mol. The number of imidazole rings is 1. The van der Waals surface area contributed by atoms with Gasteiger partial charge in [0.25, 0.3) is 0 Å². The number of nitrogens with two attached hydrogens (primary N) is 1. The standard InChI is InChI=1S/C26H20FN7O2/c1-26(15-5-3-7-17(35)12-15)20-21(28)31-22(32-23(20)33-25(26)36)19-13-34-9-8-29-24(34)18(30-19)11-14-4-2-6-16(27)10-14/h2-10,12-13,35H,11H2,1H3,(H3,28,31,32,33,36). The minimum absolute atomic E-state index is 0.0368. The third kappa shape index (κ3) is 3.34. The molecule has 0 saturated heterocycles. The third-order valence-corrected chi connectivity index (χ3v) is 6.48. The summed E-state index contributed by atoms with van der Waals surface area (Å²) in [6, 6.07) is 12.8. The molecule has 0 aliphatic carbocycles. The Morgan fingerprint density at radius 3 is 2.78 bits per heavy atom. The Morgan fingerprint density at radius 1 is 1.14 bits per heavy atom. The van der Waals surface area contributed by atoms with Crippen molar-refractivity contribution in [3.05, 3.63) is 95.3 Å². The lowest BCUT2D eigenvalue weighted by Gasteiger charge is -2.23. The minimum Gasteiger partial charge on any atom is -0.508 e. The molecule has 1 amide bonds. The summed E-state index contributed by atoms with van der Waals surface area (Å²) in [6.45, 7) is 1.72. The smallest absolute Gasteiger partial charge is 0.240 e. The van der Waals surface area contributed by atoms with E-state index in [1.165, 1.54) is 24.3 Å². The lowest BCUT2D eigenvalue weighted by atomic mass is 9.77. The topological polar surface area (TPSA) is 131 Å². The van der Waals surface area contributed by atoms with Crippen molar-refractivity contribution in [2.45, 2.75) is 18.8 Å². The molecule has 1 unspecified atom stereocenters. The number of rotatable bonds is 4. The number of fused-ring (bicyclic) bond motifs is 2. The van der Waals surface area contributed by atoms with Gasteiger partial charge in [-0.05, 0) is 42.3 Å². The molecule has 0 bridgehead atoms. The highest BCUT2D eigenvalue weighted by Gasteiger charge is 2.47. The van der Waals surface area contributed by atoms with Gasteiger partial charge in [0.2, 0.25) is 5.91 Å². The number of hydrogen-bond acceptors (Lipinski definition) is 7. The predicted octanol–water partition coefficient (Wildman–Crippen LogP) is 3.46. The van der Waals surface area contributed by atoms with Crippen molar-refractivity contribution in [3.8, 4) is 17.3 Å². The second-order valence-corrected chi connectivity index (χ2v) is 8.82. The first-order valence-electron chi connectivity index (χ1n) is 11.2. The van der Waals surface area contributed by atoms with E-state index in [9.17, 15) is 14.3 Å². The van der Waals surface area contributed by atoms with Crippen LogP contribution in [-0.2, 0) is 16.6 Å². The molecular formula is C26H20FN7O2. The van der Waals surface area contributed by atoms with E-state index < -0.39 is 5.41 Å². The zero-order valence-electron chi connectivity index (χ0n) is 19.1. The van der Waals surface area contributed by atoms with Crippen LogP contribution in [0.1, 0.15) is 29.3 Å². The summed E-state index contributed by atoms with van der Waals surface area (Å²) < 4.78 is 15.5. The Bertz CT molecular complexity index is 1680. The van der Waals surface area contributed by atoms with Gasteiger partial charge in [0.15, 0.2) is 11.5 Å². The first-order valence-corrected chi connectivity index (χ1v) is 11.2. The van der Waals surface area contributed by atoms with E-state index in [2.05, 4.69) is 20.3 Å². The number of nitrogen functional groups attached to an aromatic ring is 1. The summed E-state index contributed by atoms with van der Waals surface area (Å²) in [4.78, 5) is 31.3. The number of carbonyl (C=O) groups excluding carboxylic acids is 1. The molecule has 0 radical (unpaired) electrons. The van der Waals surface area contributed by atoms with Crippen LogP contribution >= 0.6 is 0 Å². The molecule has 178 valence electrons. The second kappa shape index (κ2) is 7.84. The fourth-order valence-corrected chi connectivity index (χ4v) is 4.68. The number of aromatic nitrogens is 5. The Balaban J connectivity index is 1.47. The van der Waals surface area contributed by atoms with Gasteiger partial charge in [0.1, 0.15) is 34.3 Å². The molecule has 5 aromatic rings. The fourth-order valence-electron chi connectivity index (χ4n) is 4.68. The molecule has 0 fully saturated rings. The molecule has 0 saturated carbocycles. The van der Waals surface area contributed by atoms with E-state index in [0.29, 0.717) is 34.6 Å². The van der Waals surface area contributed by atoms with Crippen LogP contribution in [0.25, 0.3) is 17.2 Å². The van der Waals surface area contributed by atoms with Gasteiger partial charge in [-0.25, -0.2) is 24.3 Å². The molecule has 4 heterocycles. The lowest BCUT2D eigenvalue weighted by Crippen LogP contribution is -2.32. The van der Waals surface area contributed by atoms with Crippen molar-refractivity contribution < 1.29 is 14.3 Å². The third-order valence-electron chi connectivity index (χ3n) is 6.48. The summed E-state index contributed by atoms with van der Waals surface area (Å²) in [7, 11) is 0. The number of phenols is 1. The zero-order chi connectivity index (χ0) is 25.0. The van der Waals surface area contributed by atoms with Gasteiger partial charge in [-0.1, -0.05) is 24.3 Å². The van der Waals surface area contributed by atoms with Crippen LogP contribution in [0.5, 0.6) is 5.75 Å². The van der Waals surface area contributed by atoms with Crippen LogP contribution in [0.2, 0.25) is 0 Å². The van der Waals surface area contributed by atoms with E-state index in [0.717, 1.165) is 5.56 Å². The molecule has 0 spiro atoms. The number of nitrogens with zero attached hydrogens (tertiary/aromatic N) is 5. The summed E-state index contributed by atoms with van der Waals surface area (Å²) in [6.07, 6.45) is 5.49. The predicted molar refractivity (Wildman–Crippen MR) is 131 cm³/mol. The van der Waals surface area contributed by atoms with E-state index in [-0.39, 0.29) is 34.9 Å². The molecule has 1 aliphatic heterocycles. The van der Waals surface area contributed by atoms with Gasteiger partial charge in [0.05, 0.1) is 11.3 Å². The number of anilines is 2. The molecule has 3 aromatic heterocycles. The Hall–Kier alpha value is -4.86. The maximum Gasteiger partial charge on any atom is 0.240 e. The highest BCUT2D eigenvalue weighted by Crippen LogP contribution is 2.45. The highest BCUT2D eigenvalue weighted by molar-refractivity contribution is 6.09. The Morgan fingerprint density at radius 2 is 1.97 bits per heavy atom. The van der Waals surface area contributed by atoms with Gasteiger partial charge < -0.3 is 20.6 Å². The number of carbonyl (C=O) groups is 1. The first kappa shape index (κ1) is 21.7. The maximum atomic E-state index is 13.8. The minimum atomic E-state index is -1.18. The molecule has 1 aliphatic rings. The van der Waals surface area contributed by atoms with Crippen molar-refractivity contribution in [1.29, 1.82) is 0 Å². The quantitative estimate of drug-likeness (QED) is 0.358. The van der Waals surface area contributed by atoms with E-state index in [1.54, 1.807) is 48.1 Å². The van der Waals surface area contributed by atoms with Gasteiger partial charge in [-0.3, -0.25) is 4.79 Å². The Kier molecular flexibility index (Phi) is 4.72. The van der Waals surface area contributed by atoms with Gasteiger partial charge in [0, 0.05) is 25.0 Å². The summed E-state index contributed by atoms with van der Waals surface area (Å²) in [5.74, 6) is 0.0119. The summed E-state index contributed by atoms with van der Waals surface area (Å²) >= 11 is 0. The molecule has 10 heteroatoms. The number of halogens is 1. The van der Waals surface area contributed by atoms with Crippen LogP contribution < -0.4 is 11.1 Å². The summed E-state index contributed by atoms with van der Waals surface area (Å²) in [5.41, 5.74) is 8.62. The first-order chi connectivity index (χ1) is 17.3. The van der Waals surface area contributed by atoms with Crippen LogP contribution in [0, 0.1) is 5.82 Å². The van der Waals surface area contributed by atoms with Crippen molar-refractivity contribution >= 4 is 23.2 Å². The fraction of sp³-hybridized carbons (Fsp3) is 0.115. The van der Waals surface area contributed by atoms with Gasteiger partial charge in [-0.15, -0.1) is 0 Å². The van der Waals surface area contributed by atoms with Crippen molar-refractivity contribution in [2.75, 3.05) is 11.1 Å². The molecule has 36 heavy (non-hydrogen) atoms. The number of amides is 1. The number of benzene rings is 2. The summed E-state index contributed by atoms with van der Waals surface area (Å²) in [5, 5.41) is 12.8. The van der Waals surface area contributed by atoms with Crippen LogP contribution in [-0.4, -0.2) is 35.4 Å². The van der Waals surface area contributed by atoms with Gasteiger partial charge in [-0.2, -0.15) is 0 Å². The normalized spacial score (nSPS) is 16.8.